The van der Waals surface area contributed by atoms with E-state index >= 15 is 0 Å². The number of H-pyrrole nitrogens is 1. The zero-order valence-corrected chi connectivity index (χ0v) is 16.3. The largest absolute Gasteiger partial charge is 0.472 e. The number of benzene rings is 1. The highest BCUT2D eigenvalue weighted by Crippen LogP contribution is 2.42. The summed E-state index contributed by atoms with van der Waals surface area (Å²) >= 11 is 12.2. The first kappa shape index (κ1) is 18.4. The first-order chi connectivity index (χ1) is 13.0. The van der Waals surface area contributed by atoms with Crippen molar-refractivity contribution in [2.45, 2.75) is 25.9 Å². The zero-order valence-electron chi connectivity index (χ0n) is 14.8. The van der Waals surface area contributed by atoms with Crippen molar-refractivity contribution >= 4 is 34.9 Å². The molecule has 9 heteroatoms. The summed E-state index contributed by atoms with van der Waals surface area (Å²) in [5.41, 5.74) is 1.27. The van der Waals surface area contributed by atoms with Crippen LogP contribution in [0.2, 0.25) is 10.0 Å². The van der Waals surface area contributed by atoms with Crippen molar-refractivity contribution in [3.63, 3.8) is 0 Å². The van der Waals surface area contributed by atoms with E-state index in [2.05, 4.69) is 20.3 Å². The lowest BCUT2D eigenvalue weighted by molar-refractivity contribution is 0.0511. The molecule has 2 aliphatic rings. The van der Waals surface area contributed by atoms with Crippen molar-refractivity contribution in [2.75, 3.05) is 24.6 Å². The smallest absolute Gasteiger partial charge is 0.362 e. The topological polar surface area (TPSA) is 80.3 Å². The Morgan fingerprint density at radius 3 is 2.67 bits per heavy atom. The Hall–Kier alpha value is -1.99. The van der Waals surface area contributed by atoms with Gasteiger partial charge in [-0.2, -0.15) is 0 Å². The van der Waals surface area contributed by atoms with Gasteiger partial charge in [0.1, 0.15) is 6.10 Å². The first-order valence-corrected chi connectivity index (χ1v) is 9.75. The molecule has 27 heavy (non-hydrogen) atoms. The maximum Gasteiger partial charge on any atom is 0.362 e. The van der Waals surface area contributed by atoms with E-state index in [-0.39, 0.29) is 24.3 Å². The van der Waals surface area contributed by atoms with Crippen molar-refractivity contribution < 1.29 is 14.3 Å². The third kappa shape index (κ3) is 3.71. The standard InChI is InChI=1S/C18H20Cl2N4O3/c1-2-26-18(25)16-17(22-23-21-16)27-13-5-10-8-24(9-11(10)6-13)12-3-4-14(19)15(20)7-12/h3-4,7,10-11,13H,2,5-6,8-9H2,1H3,(H,21,22,23)/t10-,11+,13?. The molecule has 0 spiro atoms. The van der Waals surface area contributed by atoms with Gasteiger partial charge in [-0.15, -0.1) is 0 Å². The van der Waals surface area contributed by atoms with Crippen molar-refractivity contribution in [1.29, 1.82) is 0 Å². The number of fused-ring (bicyclic) bond motifs is 1. The summed E-state index contributed by atoms with van der Waals surface area (Å²) in [6, 6.07) is 5.75. The molecule has 1 unspecified atom stereocenters. The van der Waals surface area contributed by atoms with Crippen LogP contribution in [0.3, 0.4) is 0 Å². The Balaban J connectivity index is 1.37. The van der Waals surface area contributed by atoms with E-state index in [9.17, 15) is 4.79 Å². The summed E-state index contributed by atoms with van der Waals surface area (Å²) in [5.74, 6) is 0.783. The van der Waals surface area contributed by atoms with Crippen LogP contribution in [0.5, 0.6) is 5.88 Å². The van der Waals surface area contributed by atoms with Crippen molar-refractivity contribution in [2.24, 2.45) is 11.8 Å². The number of aromatic amines is 1. The molecule has 4 rings (SSSR count). The summed E-state index contributed by atoms with van der Waals surface area (Å²) < 4.78 is 11.0. The van der Waals surface area contributed by atoms with Gasteiger partial charge in [-0.3, -0.25) is 0 Å². The van der Waals surface area contributed by atoms with Gasteiger partial charge in [0.15, 0.2) is 0 Å². The summed E-state index contributed by atoms with van der Waals surface area (Å²) in [5, 5.41) is 11.3. The van der Waals surface area contributed by atoms with Crippen LogP contribution in [-0.2, 0) is 4.74 Å². The maximum atomic E-state index is 11.9. The summed E-state index contributed by atoms with van der Waals surface area (Å²) in [7, 11) is 0. The monoisotopic (exact) mass is 410 g/mol. The van der Waals surface area contributed by atoms with E-state index in [4.69, 9.17) is 32.7 Å². The number of ether oxygens (including phenoxy) is 2. The van der Waals surface area contributed by atoms with Crippen molar-refractivity contribution in [3.8, 4) is 5.88 Å². The normalized spacial score (nSPS) is 24.1. The van der Waals surface area contributed by atoms with Gasteiger partial charge in [-0.1, -0.05) is 33.5 Å². The van der Waals surface area contributed by atoms with Crippen molar-refractivity contribution in [1.82, 2.24) is 15.4 Å². The molecule has 2 aromatic rings. The van der Waals surface area contributed by atoms with Crippen LogP contribution in [0.1, 0.15) is 30.3 Å². The highest BCUT2D eigenvalue weighted by Gasteiger charge is 2.42. The fourth-order valence-electron chi connectivity index (χ4n) is 4.03. The molecule has 144 valence electrons. The third-order valence-electron chi connectivity index (χ3n) is 5.25. The maximum absolute atomic E-state index is 11.9. The average Bonchev–Trinajstić information content (AvgIpc) is 3.32. The minimum absolute atomic E-state index is 0.0224. The number of rotatable bonds is 5. The number of nitrogens with one attached hydrogen (secondary N) is 1. The molecule has 1 aliphatic heterocycles. The fourth-order valence-corrected chi connectivity index (χ4v) is 4.32. The van der Waals surface area contributed by atoms with Gasteiger partial charge in [0.05, 0.1) is 16.7 Å². The molecule has 2 fully saturated rings. The van der Waals surface area contributed by atoms with E-state index in [1.807, 2.05) is 18.2 Å². The van der Waals surface area contributed by atoms with Gasteiger partial charge in [-0.05, 0) is 49.8 Å². The Morgan fingerprint density at radius 2 is 2.00 bits per heavy atom. The van der Waals surface area contributed by atoms with Gasteiger partial charge in [-0.25, -0.2) is 9.89 Å². The highest BCUT2D eigenvalue weighted by atomic mass is 35.5. The number of esters is 1. The lowest BCUT2D eigenvalue weighted by atomic mass is 10.0. The first-order valence-electron chi connectivity index (χ1n) is 9.00. The average molecular weight is 411 g/mol. The molecule has 1 aliphatic carbocycles. The van der Waals surface area contributed by atoms with Crippen LogP contribution in [0, 0.1) is 11.8 Å². The van der Waals surface area contributed by atoms with Crippen LogP contribution in [0.15, 0.2) is 18.2 Å². The molecule has 0 bridgehead atoms. The van der Waals surface area contributed by atoms with E-state index in [0.29, 0.717) is 21.9 Å². The highest BCUT2D eigenvalue weighted by molar-refractivity contribution is 6.42. The van der Waals surface area contributed by atoms with Gasteiger partial charge in [0.2, 0.25) is 5.69 Å². The number of halogens is 2. The van der Waals surface area contributed by atoms with Gasteiger partial charge >= 0.3 is 5.97 Å². The fraction of sp³-hybridized carbons (Fsp3) is 0.500. The number of hydrogen-bond acceptors (Lipinski definition) is 6. The SMILES string of the molecule is CCOC(=O)c1[nH]nnc1OC1C[C@@H]2CN(c3ccc(Cl)c(Cl)c3)C[C@@H]2C1. The summed E-state index contributed by atoms with van der Waals surface area (Å²) in [6.07, 6.45) is 1.85. The van der Waals surface area contributed by atoms with E-state index in [1.54, 1.807) is 6.92 Å². The quantitative estimate of drug-likeness (QED) is 0.758. The number of anilines is 1. The second-order valence-corrected chi connectivity index (χ2v) is 7.76. The number of carbonyl (C=O) groups excluding carboxylic acids is 1. The van der Waals surface area contributed by atoms with E-state index < -0.39 is 5.97 Å². The second-order valence-electron chi connectivity index (χ2n) is 6.95. The molecule has 1 aromatic heterocycles. The van der Waals surface area contributed by atoms with Crippen LogP contribution in [0.4, 0.5) is 5.69 Å². The van der Waals surface area contributed by atoms with Crippen molar-refractivity contribution in [3.05, 3.63) is 33.9 Å². The number of aromatic nitrogens is 3. The predicted octanol–water partition coefficient (Wildman–Crippen LogP) is 3.58. The van der Waals surface area contributed by atoms with Gasteiger partial charge in [0.25, 0.3) is 5.88 Å². The molecule has 1 saturated carbocycles. The van der Waals surface area contributed by atoms with Crippen LogP contribution < -0.4 is 9.64 Å². The lowest BCUT2D eigenvalue weighted by Crippen LogP contribution is -2.24. The van der Waals surface area contributed by atoms with Crippen LogP contribution in [0.25, 0.3) is 0 Å². The minimum atomic E-state index is -0.499. The lowest BCUT2D eigenvalue weighted by Gasteiger charge is -2.21. The number of nitrogens with zero attached hydrogens (tertiary/aromatic N) is 3. The Labute approximate surface area is 166 Å². The molecule has 1 aromatic carbocycles. The predicted molar refractivity (Wildman–Crippen MR) is 102 cm³/mol. The Bertz CT molecular complexity index is 830. The molecular formula is C18H20Cl2N4O3. The molecular weight excluding hydrogens is 391 g/mol. The molecule has 7 nitrogen and oxygen atoms in total. The van der Waals surface area contributed by atoms with Gasteiger partial charge < -0.3 is 14.4 Å². The van der Waals surface area contributed by atoms with E-state index in [0.717, 1.165) is 31.6 Å². The molecule has 1 saturated heterocycles. The molecule has 2 heterocycles. The number of carbonyl (C=O) groups is 1. The number of hydrogen-bond donors (Lipinski definition) is 1. The minimum Gasteiger partial charge on any atom is -0.472 e. The van der Waals surface area contributed by atoms with E-state index in [1.165, 1.54) is 0 Å². The molecule has 3 atom stereocenters. The second kappa shape index (κ2) is 7.56. The summed E-state index contributed by atoms with van der Waals surface area (Å²) in [4.78, 5) is 14.2. The Morgan fingerprint density at radius 1 is 1.26 bits per heavy atom. The molecule has 1 N–H and O–H groups in total. The molecule has 0 amide bonds. The zero-order chi connectivity index (χ0) is 19.0. The van der Waals surface area contributed by atoms with Gasteiger partial charge in [0, 0.05) is 18.8 Å². The third-order valence-corrected chi connectivity index (χ3v) is 5.99. The molecule has 0 radical (unpaired) electrons. The Kier molecular flexibility index (Phi) is 5.14. The van der Waals surface area contributed by atoms with Crippen LogP contribution in [-0.4, -0.2) is 47.2 Å². The van der Waals surface area contributed by atoms with Crippen LogP contribution >= 0.6 is 23.2 Å². The summed E-state index contributed by atoms with van der Waals surface area (Å²) in [6.45, 7) is 3.94.